The van der Waals surface area contributed by atoms with E-state index in [1.807, 2.05) is 36.4 Å². The molecule has 0 aliphatic heterocycles. The fraction of sp³-hybridized carbons (Fsp3) is 0.455. The summed E-state index contributed by atoms with van der Waals surface area (Å²) in [6.45, 7) is 8.25. The van der Waals surface area contributed by atoms with Crippen LogP contribution in [0.1, 0.15) is 52.0 Å². The SMILES string of the molecule is CCCCCCc1ccc(S(=O)(=O)Nc2ccc(N(CC)CC)cc2)cc1. The molecule has 0 atom stereocenters. The molecule has 0 saturated heterocycles. The van der Waals surface area contributed by atoms with E-state index in [0.717, 1.165) is 31.6 Å². The van der Waals surface area contributed by atoms with Crippen LogP contribution >= 0.6 is 0 Å². The van der Waals surface area contributed by atoms with Crippen LogP contribution < -0.4 is 9.62 Å². The Hall–Kier alpha value is -2.01. The van der Waals surface area contributed by atoms with Gasteiger partial charge < -0.3 is 4.90 Å². The number of benzene rings is 2. The Morgan fingerprint density at radius 1 is 0.815 bits per heavy atom. The average molecular weight is 389 g/mol. The molecule has 2 aromatic carbocycles. The van der Waals surface area contributed by atoms with Gasteiger partial charge in [0.25, 0.3) is 10.0 Å². The minimum absolute atomic E-state index is 0.299. The van der Waals surface area contributed by atoms with E-state index in [9.17, 15) is 8.42 Å². The lowest BCUT2D eigenvalue weighted by Crippen LogP contribution is -2.21. The number of nitrogens with one attached hydrogen (secondary N) is 1. The van der Waals surface area contributed by atoms with E-state index in [1.165, 1.54) is 24.8 Å². The number of hydrogen-bond donors (Lipinski definition) is 1. The van der Waals surface area contributed by atoms with E-state index in [0.29, 0.717) is 10.6 Å². The van der Waals surface area contributed by atoms with Crippen LogP contribution in [0.15, 0.2) is 53.4 Å². The van der Waals surface area contributed by atoms with E-state index in [4.69, 9.17) is 0 Å². The summed E-state index contributed by atoms with van der Waals surface area (Å²) in [6, 6.07) is 14.8. The van der Waals surface area contributed by atoms with Gasteiger partial charge in [-0.05, 0) is 68.7 Å². The highest BCUT2D eigenvalue weighted by atomic mass is 32.2. The minimum Gasteiger partial charge on any atom is -0.372 e. The van der Waals surface area contributed by atoms with E-state index >= 15 is 0 Å². The number of nitrogens with zero attached hydrogens (tertiary/aromatic N) is 1. The van der Waals surface area contributed by atoms with Gasteiger partial charge in [-0.15, -0.1) is 0 Å². The third-order valence-electron chi connectivity index (χ3n) is 4.80. The van der Waals surface area contributed by atoms with Crippen LogP contribution in [0.5, 0.6) is 0 Å². The van der Waals surface area contributed by atoms with Crippen molar-refractivity contribution in [2.24, 2.45) is 0 Å². The predicted molar refractivity (Wildman–Crippen MR) is 115 cm³/mol. The number of aryl methyl sites for hydroxylation is 1. The van der Waals surface area contributed by atoms with Crippen molar-refractivity contribution in [2.75, 3.05) is 22.7 Å². The molecule has 0 aromatic heterocycles. The van der Waals surface area contributed by atoms with Crippen LogP contribution in [-0.2, 0) is 16.4 Å². The summed E-state index contributed by atoms with van der Waals surface area (Å²) in [5.41, 5.74) is 2.86. The Labute approximate surface area is 164 Å². The summed E-state index contributed by atoms with van der Waals surface area (Å²) in [7, 11) is -3.57. The molecule has 0 bridgehead atoms. The summed E-state index contributed by atoms with van der Waals surface area (Å²) < 4.78 is 27.9. The second-order valence-corrected chi connectivity index (χ2v) is 8.46. The fourth-order valence-corrected chi connectivity index (χ4v) is 4.19. The summed E-state index contributed by atoms with van der Waals surface area (Å²) in [6.07, 6.45) is 5.85. The smallest absolute Gasteiger partial charge is 0.261 e. The van der Waals surface area contributed by atoms with Crippen molar-refractivity contribution in [3.63, 3.8) is 0 Å². The number of hydrogen-bond acceptors (Lipinski definition) is 3. The largest absolute Gasteiger partial charge is 0.372 e. The maximum absolute atomic E-state index is 12.6. The molecule has 0 aliphatic rings. The summed E-state index contributed by atoms with van der Waals surface area (Å²) in [5, 5.41) is 0. The van der Waals surface area contributed by atoms with Gasteiger partial charge in [0, 0.05) is 24.5 Å². The number of rotatable bonds is 11. The molecule has 0 amide bonds. The molecule has 0 heterocycles. The number of anilines is 2. The van der Waals surface area contributed by atoms with E-state index in [-0.39, 0.29) is 0 Å². The van der Waals surface area contributed by atoms with Crippen molar-refractivity contribution >= 4 is 21.4 Å². The van der Waals surface area contributed by atoms with Crippen molar-refractivity contribution in [1.82, 2.24) is 0 Å². The zero-order valence-electron chi connectivity index (χ0n) is 16.7. The lowest BCUT2D eigenvalue weighted by atomic mass is 10.1. The number of sulfonamides is 1. The Morgan fingerprint density at radius 3 is 2.00 bits per heavy atom. The molecular weight excluding hydrogens is 356 g/mol. The van der Waals surface area contributed by atoms with Gasteiger partial charge in [0.15, 0.2) is 0 Å². The van der Waals surface area contributed by atoms with Gasteiger partial charge in [-0.1, -0.05) is 38.3 Å². The Kier molecular flexibility index (Phi) is 8.17. The molecular formula is C22H32N2O2S. The molecule has 2 aromatic rings. The lowest BCUT2D eigenvalue weighted by molar-refractivity contribution is 0.601. The maximum Gasteiger partial charge on any atom is 0.261 e. The predicted octanol–water partition coefficient (Wildman–Crippen LogP) is 5.46. The van der Waals surface area contributed by atoms with Gasteiger partial charge in [0.05, 0.1) is 4.90 Å². The van der Waals surface area contributed by atoms with Gasteiger partial charge in [-0.3, -0.25) is 4.72 Å². The van der Waals surface area contributed by atoms with E-state index in [1.54, 1.807) is 12.1 Å². The van der Waals surface area contributed by atoms with Crippen LogP contribution in [-0.4, -0.2) is 21.5 Å². The van der Waals surface area contributed by atoms with Crippen molar-refractivity contribution in [2.45, 2.75) is 57.8 Å². The van der Waals surface area contributed by atoms with Crippen LogP contribution in [0.2, 0.25) is 0 Å². The van der Waals surface area contributed by atoms with Crippen molar-refractivity contribution in [3.8, 4) is 0 Å². The first-order valence-electron chi connectivity index (χ1n) is 9.97. The molecule has 2 rings (SSSR count). The second kappa shape index (κ2) is 10.4. The van der Waals surface area contributed by atoms with Gasteiger partial charge in [-0.25, -0.2) is 8.42 Å². The topological polar surface area (TPSA) is 49.4 Å². The minimum atomic E-state index is -3.57. The van der Waals surface area contributed by atoms with Crippen LogP contribution in [0.3, 0.4) is 0 Å². The summed E-state index contributed by atoms with van der Waals surface area (Å²) in [5.74, 6) is 0. The van der Waals surface area contributed by atoms with Gasteiger partial charge >= 0.3 is 0 Å². The Morgan fingerprint density at radius 2 is 1.44 bits per heavy atom. The molecule has 27 heavy (non-hydrogen) atoms. The first-order valence-corrected chi connectivity index (χ1v) is 11.4. The molecule has 0 unspecified atom stereocenters. The third-order valence-corrected chi connectivity index (χ3v) is 6.20. The summed E-state index contributed by atoms with van der Waals surface area (Å²) >= 11 is 0. The Balaban J connectivity index is 2.01. The van der Waals surface area contributed by atoms with Crippen LogP contribution in [0.4, 0.5) is 11.4 Å². The number of unbranched alkanes of at least 4 members (excludes halogenated alkanes) is 3. The summed E-state index contributed by atoms with van der Waals surface area (Å²) in [4.78, 5) is 2.52. The molecule has 0 saturated carbocycles. The normalized spacial score (nSPS) is 11.4. The molecule has 5 heteroatoms. The van der Waals surface area contributed by atoms with Crippen molar-refractivity contribution in [1.29, 1.82) is 0 Å². The molecule has 0 spiro atoms. The van der Waals surface area contributed by atoms with Gasteiger partial charge in [0.2, 0.25) is 0 Å². The quantitative estimate of drug-likeness (QED) is 0.520. The highest BCUT2D eigenvalue weighted by molar-refractivity contribution is 7.92. The molecule has 0 radical (unpaired) electrons. The van der Waals surface area contributed by atoms with Gasteiger partial charge in [-0.2, -0.15) is 0 Å². The van der Waals surface area contributed by atoms with Crippen LogP contribution in [0, 0.1) is 0 Å². The first-order chi connectivity index (χ1) is 13.0. The zero-order valence-corrected chi connectivity index (χ0v) is 17.6. The van der Waals surface area contributed by atoms with E-state index < -0.39 is 10.0 Å². The maximum atomic E-state index is 12.6. The molecule has 4 nitrogen and oxygen atoms in total. The van der Waals surface area contributed by atoms with Gasteiger partial charge in [0.1, 0.15) is 0 Å². The molecule has 1 N–H and O–H groups in total. The molecule has 0 fully saturated rings. The van der Waals surface area contributed by atoms with Crippen molar-refractivity contribution < 1.29 is 8.42 Å². The highest BCUT2D eigenvalue weighted by Crippen LogP contribution is 2.21. The third kappa shape index (κ3) is 6.28. The Bertz CT molecular complexity index is 780. The standard InChI is InChI=1S/C22H32N2O2S/c1-4-7-8-9-10-19-11-17-22(18-12-19)27(25,26)23-20-13-15-21(16-14-20)24(5-2)6-3/h11-18,23H,4-10H2,1-3H3. The molecule has 148 valence electrons. The van der Waals surface area contributed by atoms with Crippen molar-refractivity contribution in [3.05, 3.63) is 54.1 Å². The zero-order chi connectivity index (χ0) is 19.7. The second-order valence-electron chi connectivity index (χ2n) is 6.78. The lowest BCUT2D eigenvalue weighted by Gasteiger charge is -2.21. The monoisotopic (exact) mass is 388 g/mol. The van der Waals surface area contributed by atoms with Crippen LogP contribution in [0.25, 0.3) is 0 Å². The molecule has 0 aliphatic carbocycles. The first kappa shape index (κ1) is 21.3. The average Bonchev–Trinajstić information content (AvgIpc) is 2.68. The fourth-order valence-electron chi connectivity index (χ4n) is 3.13. The highest BCUT2D eigenvalue weighted by Gasteiger charge is 2.14. The van der Waals surface area contributed by atoms with E-state index in [2.05, 4.69) is 30.4 Å².